The van der Waals surface area contributed by atoms with Crippen molar-refractivity contribution in [1.29, 1.82) is 0 Å². The lowest BCUT2D eigenvalue weighted by Gasteiger charge is -2.49. The fourth-order valence-corrected chi connectivity index (χ4v) is 5.74. The van der Waals surface area contributed by atoms with Gasteiger partial charge >= 0.3 is 6.09 Å². The average molecular weight is 384 g/mol. The van der Waals surface area contributed by atoms with Gasteiger partial charge in [0.05, 0.1) is 6.54 Å². The molecule has 1 amide bonds. The zero-order valence-corrected chi connectivity index (χ0v) is 16.7. The number of benzene rings is 1. The first-order valence-electron chi connectivity index (χ1n) is 9.65. The van der Waals surface area contributed by atoms with Crippen molar-refractivity contribution >= 4 is 28.1 Å². The van der Waals surface area contributed by atoms with E-state index in [0.29, 0.717) is 12.5 Å². The van der Waals surface area contributed by atoms with Crippen LogP contribution < -0.4 is 9.80 Å². The minimum absolute atomic E-state index is 0.181. The maximum Gasteiger partial charge on any atom is 0.415 e. The third kappa shape index (κ3) is 2.82. The summed E-state index contributed by atoms with van der Waals surface area (Å²) >= 11 is 1.67. The van der Waals surface area contributed by atoms with E-state index in [1.54, 1.807) is 11.3 Å². The third-order valence-electron chi connectivity index (χ3n) is 6.26. The first kappa shape index (κ1) is 17.1. The van der Waals surface area contributed by atoms with Gasteiger partial charge in [0.25, 0.3) is 0 Å². The van der Waals surface area contributed by atoms with E-state index in [2.05, 4.69) is 46.2 Å². The van der Waals surface area contributed by atoms with E-state index in [1.165, 1.54) is 16.1 Å². The molecule has 1 aromatic heterocycles. The lowest BCUT2D eigenvalue weighted by Crippen LogP contribution is -2.61. The van der Waals surface area contributed by atoms with Crippen LogP contribution in [0.5, 0.6) is 0 Å². The van der Waals surface area contributed by atoms with Gasteiger partial charge in [-0.15, -0.1) is 11.3 Å². The Morgan fingerprint density at radius 3 is 2.67 bits per heavy atom. The number of rotatable bonds is 3. The fourth-order valence-electron chi connectivity index (χ4n) is 4.75. The van der Waals surface area contributed by atoms with Gasteiger partial charge in [0.1, 0.15) is 10.6 Å². The fraction of sp³-hybridized carbons (Fsp3) is 0.476. The highest BCUT2D eigenvalue weighted by molar-refractivity contribution is 7.19. The predicted molar refractivity (Wildman–Crippen MR) is 110 cm³/mol. The van der Waals surface area contributed by atoms with Crippen LogP contribution in [0, 0.1) is 5.92 Å². The summed E-state index contributed by atoms with van der Waals surface area (Å²) in [6.45, 7) is 3.87. The number of nitrogens with zero attached hydrogens (tertiary/aromatic N) is 3. The van der Waals surface area contributed by atoms with Crippen LogP contribution in [0.4, 0.5) is 15.5 Å². The molecule has 4 aliphatic heterocycles. The Labute approximate surface area is 164 Å². The van der Waals surface area contributed by atoms with Crippen molar-refractivity contribution in [2.75, 3.05) is 50.1 Å². The smallest absolute Gasteiger partial charge is 0.415 e. The number of hydrogen-bond acceptors (Lipinski definition) is 5. The summed E-state index contributed by atoms with van der Waals surface area (Å²) < 4.78 is 6.00. The molecule has 1 aromatic carbocycles. The molecular formula is C21H25N3O2S. The highest BCUT2D eigenvalue weighted by Crippen LogP contribution is 2.45. The molecule has 6 rings (SSSR count). The quantitative estimate of drug-likeness (QED) is 0.805. The number of carbonyl (C=O) groups is 1. The van der Waals surface area contributed by atoms with Crippen LogP contribution in [0.25, 0.3) is 10.4 Å². The lowest BCUT2D eigenvalue weighted by molar-refractivity contribution is -0.0881. The molecule has 1 spiro atoms. The van der Waals surface area contributed by atoms with Gasteiger partial charge in [-0.25, -0.2) is 4.79 Å². The highest BCUT2D eigenvalue weighted by Gasteiger charge is 2.55. The molecule has 5 nitrogen and oxygen atoms in total. The number of thiophene rings is 1. The van der Waals surface area contributed by atoms with Gasteiger partial charge in [-0.2, -0.15) is 0 Å². The van der Waals surface area contributed by atoms with Crippen LogP contribution in [0.2, 0.25) is 0 Å². The molecule has 0 aliphatic carbocycles. The van der Waals surface area contributed by atoms with E-state index in [9.17, 15) is 4.79 Å². The molecule has 0 unspecified atom stereocenters. The molecular weight excluding hydrogens is 358 g/mol. The van der Waals surface area contributed by atoms with Crippen LogP contribution in [0.15, 0.2) is 36.4 Å². The number of amides is 1. The van der Waals surface area contributed by atoms with Crippen LogP contribution in [-0.2, 0) is 4.74 Å². The highest BCUT2D eigenvalue weighted by atomic mass is 32.1. The van der Waals surface area contributed by atoms with Crippen LogP contribution in [-0.4, -0.2) is 56.9 Å². The van der Waals surface area contributed by atoms with E-state index in [-0.39, 0.29) is 11.7 Å². The Hall–Kier alpha value is -2.05. The summed E-state index contributed by atoms with van der Waals surface area (Å²) in [5, 5.41) is 0.985. The second kappa shape index (κ2) is 6.24. The van der Waals surface area contributed by atoms with Gasteiger partial charge in [-0.05, 0) is 55.8 Å². The molecule has 6 heteroatoms. The molecule has 0 N–H and O–H groups in total. The predicted octanol–water partition coefficient (Wildman–Crippen LogP) is 3.90. The maximum absolute atomic E-state index is 12.7. The van der Waals surface area contributed by atoms with Crippen molar-refractivity contribution < 1.29 is 9.53 Å². The van der Waals surface area contributed by atoms with Crippen molar-refractivity contribution in [2.45, 2.75) is 18.4 Å². The van der Waals surface area contributed by atoms with Gasteiger partial charge in [0.2, 0.25) is 0 Å². The minimum Gasteiger partial charge on any atom is -0.439 e. The molecule has 1 atom stereocenters. The Morgan fingerprint density at radius 2 is 1.96 bits per heavy atom. The van der Waals surface area contributed by atoms with E-state index in [1.807, 2.05) is 19.0 Å². The molecule has 0 saturated carbocycles. The van der Waals surface area contributed by atoms with Gasteiger partial charge in [0, 0.05) is 37.1 Å². The SMILES string of the molecule is CN(C)c1cccc(-c2ccc(N3C[C@@]4(CN5CCC4CC5)OC3=O)s2)c1. The topological polar surface area (TPSA) is 36.0 Å². The largest absolute Gasteiger partial charge is 0.439 e. The molecule has 4 fully saturated rings. The van der Waals surface area contributed by atoms with E-state index < -0.39 is 0 Å². The Morgan fingerprint density at radius 1 is 1.15 bits per heavy atom. The van der Waals surface area contributed by atoms with Crippen molar-refractivity contribution in [3.63, 3.8) is 0 Å². The minimum atomic E-state index is -0.303. The second-order valence-electron chi connectivity index (χ2n) is 8.15. The second-order valence-corrected chi connectivity index (χ2v) is 9.21. The molecule has 2 aromatic rings. The summed E-state index contributed by atoms with van der Waals surface area (Å²) in [4.78, 5) is 20.3. The van der Waals surface area contributed by atoms with Gasteiger partial charge in [-0.3, -0.25) is 9.80 Å². The molecule has 5 heterocycles. The third-order valence-corrected chi connectivity index (χ3v) is 7.42. The van der Waals surface area contributed by atoms with Gasteiger partial charge in [-0.1, -0.05) is 12.1 Å². The van der Waals surface area contributed by atoms with Crippen molar-refractivity contribution in [3.8, 4) is 10.4 Å². The first-order valence-corrected chi connectivity index (χ1v) is 10.5. The summed E-state index contributed by atoms with van der Waals surface area (Å²) in [6, 6.07) is 12.7. The van der Waals surface area contributed by atoms with Crippen molar-refractivity contribution in [3.05, 3.63) is 36.4 Å². The average Bonchev–Trinajstić information content (AvgIpc) is 3.28. The summed E-state index contributed by atoms with van der Waals surface area (Å²) in [5.41, 5.74) is 2.06. The van der Waals surface area contributed by atoms with Gasteiger partial charge in [0.15, 0.2) is 0 Å². The molecule has 27 heavy (non-hydrogen) atoms. The Kier molecular flexibility index (Phi) is 3.95. The number of piperidine rings is 3. The lowest BCUT2D eigenvalue weighted by atomic mass is 9.75. The zero-order chi connectivity index (χ0) is 18.6. The summed E-state index contributed by atoms with van der Waals surface area (Å²) in [7, 11) is 4.10. The van der Waals surface area contributed by atoms with Crippen LogP contribution in [0.1, 0.15) is 12.8 Å². The number of carbonyl (C=O) groups excluding carboxylic acids is 1. The number of anilines is 2. The summed E-state index contributed by atoms with van der Waals surface area (Å²) in [6.07, 6.45) is 2.11. The first-order chi connectivity index (χ1) is 13.0. The number of ether oxygens (including phenoxy) is 1. The molecule has 2 bridgehead atoms. The number of fused-ring (bicyclic) bond motifs is 2. The van der Waals surface area contributed by atoms with E-state index in [0.717, 1.165) is 37.5 Å². The van der Waals surface area contributed by atoms with Crippen LogP contribution in [0.3, 0.4) is 0 Å². The summed E-state index contributed by atoms with van der Waals surface area (Å²) in [5.74, 6) is 0.507. The monoisotopic (exact) mass is 383 g/mol. The van der Waals surface area contributed by atoms with E-state index >= 15 is 0 Å². The zero-order valence-electron chi connectivity index (χ0n) is 15.9. The van der Waals surface area contributed by atoms with Crippen molar-refractivity contribution in [1.82, 2.24) is 4.90 Å². The van der Waals surface area contributed by atoms with Gasteiger partial charge < -0.3 is 9.64 Å². The standard InChI is InChI=1S/C21H25N3O2S/c1-22(2)17-5-3-4-15(12-17)18-6-7-19(27-18)24-14-21(26-20(24)25)13-23-10-8-16(21)9-11-23/h3-7,12,16H,8-11,13-14H2,1-2H3/t21-/m1/s1. The molecule has 4 aliphatic rings. The number of hydrogen-bond donors (Lipinski definition) is 0. The Bertz CT molecular complexity index is 872. The molecule has 4 saturated heterocycles. The van der Waals surface area contributed by atoms with E-state index in [4.69, 9.17) is 4.74 Å². The van der Waals surface area contributed by atoms with Crippen LogP contribution >= 0.6 is 11.3 Å². The Balaban J connectivity index is 1.40. The molecule has 0 radical (unpaired) electrons. The molecule has 142 valence electrons. The maximum atomic E-state index is 12.7. The normalized spacial score (nSPS) is 29.4. The van der Waals surface area contributed by atoms with Crippen molar-refractivity contribution in [2.24, 2.45) is 5.92 Å².